The summed E-state index contributed by atoms with van der Waals surface area (Å²) in [4.78, 5) is 21.8. The molecule has 1 atom stereocenters. The van der Waals surface area contributed by atoms with Gasteiger partial charge in [0.15, 0.2) is 0 Å². The maximum atomic E-state index is 11.2. The normalized spacial score (nSPS) is 20.4. The Hall–Kier alpha value is -0.460. The van der Waals surface area contributed by atoms with Crippen molar-refractivity contribution in [3.63, 3.8) is 0 Å². The number of amides is 2. The molecule has 0 spiro atoms. The Labute approximate surface area is 86.6 Å². The van der Waals surface area contributed by atoms with Gasteiger partial charge in [0.1, 0.15) is 6.04 Å². The summed E-state index contributed by atoms with van der Waals surface area (Å²) in [6, 6.07) is -0.381. The summed E-state index contributed by atoms with van der Waals surface area (Å²) in [5.74, 6) is 0.355. The van der Waals surface area contributed by atoms with Crippen molar-refractivity contribution in [2.24, 2.45) is 5.73 Å². The van der Waals surface area contributed by atoms with E-state index in [0.29, 0.717) is 18.8 Å². The lowest BCUT2D eigenvalue weighted by atomic mass is 10.3. The predicted octanol–water partition coefficient (Wildman–Crippen LogP) is -0.692. The topological polar surface area (TPSA) is 84.2 Å². The molecule has 0 aromatic rings. The van der Waals surface area contributed by atoms with Crippen LogP contribution in [0.2, 0.25) is 0 Å². The molecule has 76 valence electrons. The minimum absolute atomic E-state index is 0. The Balaban J connectivity index is 0.00000144. The molecule has 0 bridgehead atoms. The minimum Gasteiger partial charge on any atom is -0.353 e. The lowest BCUT2D eigenvalue weighted by molar-refractivity contribution is -0.122. The van der Waals surface area contributed by atoms with E-state index in [9.17, 15) is 9.59 Å². The summed E-state index contributed by atoms with van der Waals surface area (Å²) in [6.07, 6.45) is 0. The van der Waals surface area contributed by atoms with Crippen molar-refractivity contribution in [3.05, 3.63) is 0 Å². The lowest BCUT2D eigenvalue weighted by Gasteiger charge is -2.08. The number of carbonyl (C=O) groups is 2. The predicted molar refractivity (Wildman–Crippen MR) is 54.1 cm³/mol. The van der Waals surface area contributed by atoms with Gasteiger partial charge in [0.2, 0.25) is 5.91 Å². The van der Waals surface area contributed by atoms with Crippen LogP contribution in [0.15, 0.2) is 0 Å². The van der Waals surface area contributed by atoms with E-state index in [1.807, 2.05) is 0 Å². The molecule has 1 fully saturated rings. The van der Waals surface area contributed by atoms with E-state index in [2.05, 4.69) is 10.6 Å². The van der Waals surface area contributed by atoms with Crippen LogP contribution in [0.1, 0.15) is 0 Å². The van der Waals surface area contributed by atoms with Crippen LogP contribution in [0.25, 0.3) is 0 Å². The highest BCUT2D eigenvalue weighted by Crippen LogP contribution is 2.12. The summed E-state index contributed by atoms with van der Waals surface area (Å²) in [5, 5.41) is 5.00. The van der Waals surface area contributed by atoms with Crippen LogP contribution < -0.4 is 16.4 Å². The lowest BCUT2D eigenvalue weighted by Crippen LogP contribution is -2.44. The second-order valence-electron chi connectivity index (χ2n) is 2.38. The molecule has 1 saturated heterocycles. The third kappa shape index (κ3) is 3.84. The van der Waals surface area contributed by atoms with E-state index in [0.717, 1.165) is 11.8 Å². The fourth-order valence-electron chi connectivity index (χ4n) is 0.844. The molecule has 0 unspecified atom stereocenters. The molecule has 0 aromatic carbocycles. The van der Waals surface area contributed by atoms with Gasteiger partial charge in [0.05, 0.1) is 0 Å². The van der Waals surface area contributed by atoms with E-state index in [-0.39, 0.29) is 29.6 Å². The van der Waals surface area contributed by atoms with Gasteiger partial charge in [0.25, 0.3) is 5.24 Å². The molecule has 0 aromatic heterocycles. The average Bonchev–Trinajstić information content (AvgIpc) is 2.47. The highest BCUT2D eigenvalue weighted by molar-refractivity contribution is 8.14. The number of nitrogens with one attached hydrogen (secondary N) is 2. The van der Waals surface area contributed by atoms with Gasteiger partial charge in [-0.2, -0.15) is 0 Å². The van der Waals surface area contributed by atoms with Gasteiger partial charge in [-0.25, -0.2) is 0 Å². The number of hydrogen-bond donors (Lipinski definition) is 3. The Kier molecular flexibility index (Phi) is 5.85. The first-order valence-electron chi connectivity index (χ1n) is 3.65. The number of nitrogens with two attached hydrogens (primary N) is 1. The quantitative estimate of drug-likeness (QED) is 0.594. The van der Waals surface area contributed by atoms with Gasteiger partial charge in [-0.15, -0.1) is 12.4 Å². The summed E-state index contributed by atoms with van der Waals surface area (Å²) >= 11 is 1.13. The number of thioether (sulfide) groups is 1. The first-order chi connectivity index (χ1) is 5.74. The van der Waals surface area contributed by atoms with Crippen LogP contribution >= 0.6 is 24.2 Å². The summed E-state index contributed by atoms with van der Waals surface area (Å²) in [7, 11) is 0. The van der Waals surface area contributed by atoms with E-state index in [1.54, 1.807) is 0 Å². The summed E-state index contributed by atoms with van der Waals surface area (Å²) < 4.78 is 0. The molecule has 2 amide bonds. The molecule has 5 nitrogen and oxygen atoms in total. The minimum atomic E-state index is -0.381. The second kappa shape index (κ2) is 6.06. The zero-order valence-electron chi connectivity index (χ0n) is 6.91. The number of rotatable bonds is 3. The van der Waals surface area contributed by atoms with E-state index >= 15 is 0 Å². The number of carbonyl (C=O) groups excluding carboxylic acids is 2. The molecule has 0 radical (unpaired) electrons. The van der Waals surface area contributed by atoms with Crippen molar-refractivity contribution < 1.29 is 9.59 Å². The Morgan fingerprint density at radius 1 is 1.77 bits per heavy atom. The molecule has 1 heterocycles. The fourth-order valence-corrected chi connectivity index (χ4v) is 1.62. The third-order valence-electron chi connectivity index (χ3n) is 1.43. The van der Waals surface area contributed by atoms with Crippen LogP contribution in [-0.4, -0.2) is 36.0 Å². The Morgan fingerprint density at radius 3 is 2.92 bits per heavy atom. The molecular weight excluding hydrogens is 214 g/mol. The maximum Gasteiger partial charge on any atom is 0.279 e. The fraction of sp³-hybridized carbons (Fsp3) is 0.667. The molecule has 1 aliphatic rings. The molecule has 13 heavy (non-hydrogen) atoms. The van der Waals surface area contributed by atoms with Gasteiger partial charge in [-0.05, 0) is 0 Å². The van der Waals surface area contributed by atoms with Gasteiger partial charge < -0.3 is 16.4 Å². The van der Waals surface area contributed by atoms with Crippen molar-refractivity contribution in [2.75, 3.05) is 18.8 Å². The van der Waals surface area contributed by atoms with E-state index in [4.69, 9.17) is 5.73 Å². The molecule has 7 heteroatoms. The molecule has 1 aliphatic heterocycles. The molecule has 0 aliphatic carbocycles. The van der Waals surface area contributed by atoms with Crippen LogP contribution in [0.5, 0.6) is 0 Å². The van der Waals surface area contributed by atoms with Crippen LogP contribution in [0.4, 0.5) is 4.79 Å². The van der Waals surface area contributed by atoms with Crippen molar-refractivity contribution >= 4 is 35.3 Å². The maximum absolute atomic E-state index is 11.2. The van der Waals surface area contributed by atoms with Crippen molar-refractivity contribution in [3.8, 4) is 0 Å². The first kappa shape index (κ1) is 12.5. The first-order valence-corrected chi connectivity index (χ1v) is 4.63. The van der Waals surface area contributed by atoms with Crippen LogP contribution in [-0.2, 0) is 4.79 Å². The van der Waals surface area contributed by atoms with Gasteiger partial charge in [0, 0.05) is 18.8 Å². The van der Waals surface area contributed by atoms with E-state index < -0.39 is 0 Å². The standard InChI is InChI=1S/C6H11N3O2S.ClH/c7-1-2-8-5(10)4-3-12-6(11)9-4;/h4H,1-3,7H2,(H,8,10)(H,9,11);1H/t4-;/m0./s1. The monoisotopic (exact) mass is 225 g/mol. The van der Waals surface area contributed by atoms with E-state index in [1.165, 1.54) is 0 Å². The SMILES string of the molecule is Cl.NCCNC(=O)[C@@H]1CSC(=O)N1. The molecule has 0 saturated carbocycles. The third-order valence-corrected chi connectivity index (χ3v) is 2.31. The second-order valence-corrected chi connectivity index (χ2v) is 3.37. The largest absolute Gasteiger partial charge is 0.353 e. The zero-order valence-corrected chi connectivity index (χ0v) is 8.54. The Morgan fingerprint density at radius 2 is 2.46 bits per heavy atom. The smallest absolute Gasteiger partial charge is 0.279 e. The van der Waals surface area contributed by atoms with Gasteiger partial charge in [-0.1, -0.05) is 11.8 Å². The zero-order chi connectivity index (χ0) is 8.97. The average molecular weight is 226 g/mol. The molecular formula is C6H12ClN3O2S. The summed E-state index contributed by atoms with van der Waals surface area (Å²) in [5.41, 5.74) is 5.20. The van der Waals surface area contributed by atoms with Crippen LogP contribution in [0.3, 0.4) is 0 Å². The van der Waals surface area contributed by atoms with Gasteiger partial charge in [-0.3, -0.25) is 9.59 Å². The van der Waals surface area contributed by atoms with Gasteiger partial charge >= 0.3 is 0 Å². The van der Waals surface area contributed by atoms with Crippen molar-refractivity contribution in [2.45, 2.75) is 6.04 Å². The number of hydrogen-bond acceptors (Lipinski definition) is 4. The van der Waals surface area contributed by atoms with Crippen LogP contribution in [0, 0.1) is 0 Å². The summed E-state index contributed by atoms with van der Waals surface area (Å²) in [6.45, 7) is 0.870. The highest BCUT2D eigenvalue weighted by Gasteiger charge is 2.27. The van der Waals surface area contributed by atoms with Crippen molar-refractivity contribution in [1.82, 2.24) is 10.6 Å². The molecule has 4 N–H and O–H groups in total. The van der Waals surface area contributed by atoms with Crippen molar-refractivity contribution in [1.29, 1.82) is 0 Å². The Bertz CT molecular complexity index is 202. The number of halogens is 1. The highest BCUT2D eigenvalue weighted by atomic mass is 35.5. The molecule has 1 rings (SSSR count).